The Morgan fingerprint density at radius 1 is 0.323 bits per heavy atom. The van der Waals surface area contributed by atoms with Crippen LogP contribution in [0.4, 0.5) is 0 Å². The van der Waals surface area contributed by atoms with Gasteiger partial charge in [0.15, 0.2) is 0 Å². The topological polar surface area (TPSA) is 38.9 Å². The van der Waals surface area contributed by atoms with Crippen LogP contribution in [0.3, 0.4) is 0 Å². The van der Waals surface area contributed by atoms with Gasteiger partial charge in [0.1, 0.15) is 11.2 Å². The Kier molecular flexibility index (Phi) is 9.06. The number of aryl methyl sites for hydroxylation is 4. The van der Waals surface area contributed by atoms with E-state index in [1.165, 1.54) is 60.8 Å². The molecule has 65 heavy (non-hydrogen) atoms. The number of nitrogens with zero attached hydrogens (tertiary/aromatic N) is 2. The standard InChI is InChI=1S/C62H44N2O/c1-37-24-38(2)27-48(26-37)42-13-9-12-41(30-42)45-22-23-59-56(33-45)57-35-50(44-15-10-14-43(31-44)49-28-39(3)25-40(4)29-49)34-55(62(57)65-59)46-16-11-17-47(32-46)58-36-63-60-53-20-7-5-18-51(53)52-19-6-8-21-54(52)61(60)64-58/h5-36H,1-4H3. The maximum atomic E-state index is 6.92. The summed E-state index contributed by atoms with van der Waals surface area (Å²) < 4.78 is 6.92. The summed E-state index contributed by atoms with van der Waals surface area (Å²) in [4.78, 5) is 10.5. The normalized spacial score (nSPS) is 11.7. The average Bonchev–Trinajstić information content (AvgIpc) is 3.71. The molecule has 3 heteroatoms. The van der Waals surface area contributed by atoms with Crippen LogP contribution in [0.5, 0.6) is 0 Å². The highest BCUT2D eigenvalue weighted by Crippen LogP contribution is 2.43. The SMILES string of the molecule is Cc1cc(C)cc(-c2cccc(-c3ccc4oc5c(-c6cccc(-c7cnc8c9ccccc9c9ccccc9c8n7)c6)cc(-c6cccc(-c7cc(C)cc(C)c7)c6)cc5c4c3)c2)c1. The molecule has 0 spiro atoms. The fraction of sp³-hybridized carbons (Fsp3) is 0.0645. The number of fused-ring (bicyclic) bond motifs is 9. The van der Waals surface area contributed by atoms with Gasteiger partial charge in [-0.2, -0.15) is 0 Å². The number of aromatic nitrogens is 2. The molecule has 0 aliphatic carbocycles. The first kappa shape index (κ1) is 38.5. The maximum absolute atomic E-state index is 6.92. The Labute approximate surface area is 378 Å². The summed E-state index contributed by atoms with van der Waals surface area (Å²) in [7, 11) is 0. The lowest BCUT2D eigenvalue weighted by Gasteiger charge is -2.12. The van der Waals surface area contributed by atoms with Crippen LogP contribution in [0.15, 0.2) is 199 Å². The minimum absolute atomic E-state index is 0.825. The maximum Gasteiger partial charge on any atom is 0.143 e. The van der Waals surface area contributed by atoms with E-state index < -0.39 is 0 Å². The molecular formula is C62H44N2O. The number of rotatable bonds is 6. The van der Waals surface area contributed by atoms with Crippen molar-refractivity contribution in [2.24, 2.45) is 0 Å². The molecule has 2 aromatic heterocycles. The predicted octanol–water partition coefficient (Wildman–Crippen LogP) is 17.1. The Bertz CT molecular complexity index is 3820. The van der Waals surface area contributed by atoms with Crippen molar-refractivity contribution in [3.8, 4) is 66.9 Å². The van der Waals surface area contributed by atoms with Crippen molar-refractivity contribution in [2.75, 3.05) is 0 Å². The van der Waals surface area contributed by atoms with Crippen LogP contribution in [0, 0.1) is 27.7 Å². The average molecular weight is 833 g/mol. The van der Waals surface area contributed by atoms with Crippen molar-refractivity contribution in [3.05, 3.63) is 217 Å². The fourth-order valence-corrected chi connectivity index (χ4v) is 10.1. The van der Waals surface area contributed by atoms with Crippen molar-refractivity contribution >= 4 is 54.5 Å². The van der Waals surface area contributed by atoms with Gasteiger partial charge >= 0.3 is 0 Å². The molecule has 0 saturated heterocycles. The summed E-state index contributed by atoms with van der Waals surface area (Å²) in [5.74, 6) is 0. The lowest BCUT2D eigenvalue weighted by Crippen LogP contribution is -1.92. The van der Waals surface area contributed by atoms with Crippen molar-refractivity contribution in [1.82, 2.24) is 9.97 Å². The zero-order chi connectivity index (χ0) is 43.8. The summed E-state index contributed by atoms with van der Waals surface area (Å²) in [6.45, 7) is 8.66. The van der Waals surface area contributed by atoms with E-state index in [0.717, 1.165) is 82.8 Å². The molecule has 0 aliphatic rings. The lowest BCUT2D eigenvalue weighted by atomic mass is 9.92. The second kappa shape index (κ2) is 15.3. The number of hydrogen-bond acceptors (Lipinski definition) is 3. The van der Waals surface area contributed by atoms with Gasteiger partial charge in [-0.15, -0.1) is 0 Å². The number of benzene rings is 10. The summed E-state index contributed by atoms with van der Waals surface area (Å²) in [6, 6.07) is 68.3. The van der Waals surface area contributed by atoms with Gasteiger partial charge in [-0.25, -0.2) is 4.98 Å². The van der Waals surface area contributed by atoms with Crippen molar-refractivity contribution in [2.45, 2.75) is 27.7 Å². The summed E-state index contributed by atoms with van der Waals surface area (Å²) in [5, 5.41) is 6.73. The molecule has 0 bridgehead atoms. The van der Waals surface area contributed by atoms with Gasteiger partial charge in [-0.05, 0) is 131 Å². The summed E-state index contributed by atoms with van der Waals surface area (Å²) in [5.41, 5.74) is 21.9. The highest BCUT2D eigenvalue weighted by atomic mass is 16.3. The van der Waals surface area contributed by atoms with E-state index in [1.807, 2.05) is 6.20 Å². The Balaban J connectivity index is 1.04. The Hall–Kier alpha value is -8.14. The van der Waals surface area contributed by atoms with Crippen molar-refractivity contribution in [1.29, 1.82) is 0 Å². The van der Waals surface area contributed by atoms with Crippen LogP contribution in [-0.2, 0) is 0 Å². The van der Waals surface area contributed by atoms with Crippen LogP contribution in [0.1, 0.15) is 22.3 Å². The van der Waals surface area contributed by atoms with E-state index in [1.54, 1.807) is 0 Å². The minimum Gasteiger partial charge on any atom is -0.455 e. The highest BCUT2D eigenvalue weighted by molar-refractivity contribution is 6.23. The zero-order valence-electron chi connectivity index (χ0n) is 36.8. The van der Waals surface area contributed by atoms with E-state index in [0.29, 0.717) is 0 Å². The zero-order valence-corrected chi connectivity index (χ0v) is 36.8. The molecule has 2 heterocycles. The van der Waals surface area contributed by atoms with Crippen LogP contribution < -0.4 is 0 Å². The van der Waals surface area contributed by atoms with Crippen LogP contribution in [0.25, 0.3) is 121 Å². The second-order valence-corrected chi connectivity index (χ2v) is 17.8. The smallest absolute Gasteiger partial charge is 0.143 e. The molecule has 0 unspecified atom stereocenters. The van der Waals surface area contributed by atoms with Crippen molar-refractivity contribution < 1.29 is 4.42 Å². The number of hydrogen-bond donors (Lipinski definition) is 0. The first-order valence-electron chi connectivity index (χ1n) is 22.4. The van der Waals surface area contributed by atoms with E-state index in [-0.39, 0.29) is 0 Å². The molecule has 12 aromatic rings. The van der Waals surface area contributed by atoms with Gasteiger partial charge in [-0.1, -0.05) is 168 Å². The highest BCUT2D eigenvalue weighted by Gasteiger charge is 2.19. The molecule has 12 rings (SSSR count). The first-order valence-corrected chi connectivity index (χ1v) is 22.4. The summed E-state index contributed by atoms with van der Waals surface area (Å²) >= 11 is 0. The number of furan rings is 1. The molecule has 308 valence electrons. The third kappa shape index (κ3) is 6.85. The van der Waals surface area contributed by atoms with E-state index in [9.17, 15) is 0 Å². The van der Waals surface area contributed by atoms with Gasteiger partial charge in [0.2, 0.25) is 0 Å². The van der Waals surface area contributed by atoms with Crippen LogP contribution in [-0.4, -0.2) is 9.97 Å². The van der Waals surface area contributed by atoms with E-state index in [4.69, 9.17) is 14.4 Å². The Morgan fingerprint density at radius 3 is 1.38 bits per heavy atom. The summed E-state index contributed by atoms with van der Waals surface area (Å²) in [6.07, 6.45) is 1.92. The third-order valence-corrected chi connectivity index (χ3v) is 13.0. The minimum atomic E-state index is 0.825. The third-order valence-electron chi connectivity index (χ3n) is 13.0. The fourth-order valence-electron chi connectivity index (χ4n) is 10.1. The molecule has 10 aromatic carbocycles. The van der Waals surface area contributed by atoms with Gasteiger partial charge in [0, 0.05) is 32.7 Å². The van der Waals surface area contributed by atoms with Crippen molar-refractivity contribution in [3.63, 3.8) is 0 Å². The van der Waals surface area contributed by atoms with Gasteiger partial charge in [0.25, 0.3) is 0 Å². The quantitative estimate of drug-likeness (QED) is 0.157. The molecule has 0 saturated carbocycles. The molecule has 0 fully saturated rings. The molecule has 3 nitrogen and oxygen atoms in total. The van der Waals surface area contributed by atoms with Crippen LogP contribution in [0.2, 0.25) is 0 Å². The predicted molar refractivity (Wildman–Crippen MR) is 273 cm³/mol. The first-order chi connectivity index (χ1) is 31.8. The molecule has 0 radical (unpaired) electrons. The van der Waals surface area contributed by atoms with Crippen LogP contribution >= 0.6 is 0 Å². The Morgan fingerprint density at radius 2 is 0.785 bits per heavy atom. The van der Waals surface area contributed by atoms with Gasteiger partial charge in [0.05, 0.1) is 22.9 Å². The van der Waals surface area contributed by atoms with Gasteiger partial charge < -0.3 is 4.42 Å². The molecular weight excluding hydrogens is 789 g/mol. The molecule has 0 amide bonds. The van der Waals surface area contributed by atoms with Gasteiger partial charge in [-0.3, -0.25) is 4.98 Å². The lowest BCUT2D eigenvalue weighted by molar-refractivity contribution is 0.670. The van der Waals surface area contributed by atoms with E-state index >= 15 is 0 Å². The second-order valence-electron chi connectivity index (χ2n) is 17.8. The largest absolute Gasteiger partial charge is 0.455 e. The van der Waals surface area contributed by atoms with E-state index in [2.05, 4.69) is 216 Å². The molecule has 0 aliphatic heterocycles. The monoisotopic (exact) mass is 832 g/mol. The molecule has 0 N–H and O–H groups in total. The molecule has 0 atom stereocenters.